The average molecular weight is 342 g/mol. The molecule has 20 heavy (non-hydrogen) atoms. The summed E-state index contributed by atoms with van der Waals surface area (Å²) in [4.78, 5) is 0. The molecule has 0 radical (unpaired) electrons. The Hall–Kier alpha value is -0.580. The highest BCUT2D eigenvalue weighted by Crippen LogP contribution is 2.25. The van der Waals surface area contributed by atoms with Gasteiger partial charge in [-0.1, -0.05) is 15.9 Å². The Labute approximate surface area is 130 Å². The molecule has 1 aliphatic heterocycles. The van der Waals surface area contributed by atoms with Crippen LogP contribution >= 0.6 is 15.9 Å². The minimum atomic E-state index is 0.0914. The third-order valence-electron chi connectivity index (χ3n) is 3.28. The lowest BCUT2D eigenvalue weighted by Crippen LogP contribution is -2.35. The van der Waals surface area contributed by atoms with Crippen LogP contribution in [0.2, 0.25) is 0 Å². The first-order chi connectivity index (χ1) is 9.44. The van der Waals surface area contributed by atoms with E-state index >= 15 is 0 Å². The number of halogens is 1. The van der Waals surface area contributed by atoms with Crippen molar-refractivity contribution in [3.8, 4) is 5.75 Å². The fourth-order valence-electron chi connectivity index (χ4n) is 2.15. The van der Waals surface area contributed by atoms with E-state index in [1.807, 2.05) is 12.1 Å². The third-order valence-corrected chi connectivity index (χ3v) is 3.77. The van der Waals surface area contributed by atoms with Gasteiger partial charge in [0.2, 0.25) is 0 Å². The highest BCUT2D eigenvalue weighted by atomic mass is 79.9. The zero-order valence-electron chi connectivity index (χ0n) is 12.5. The van der Waals surface area contributed by atoms with E-state index < -0.39 is 0 Å². The van der Waals surface area contributed by atoms with Gasteiger partial charge in [0.25, 0.3) is 0 Å². The molecular weight excluding hydrogens is 318 g/mol. The number of nitrogens with one attached hydrogen (secondary N) is 1. The van der Waals surface area contributed by atoms with Crippen LogP contribution in [0.3, 0.4) is 0 Å². The molecule has 1 heterocycles. The smallest absolute Gasteiger partial charge is 0.124 e. The van der Waals surface area contributed by atoms with E-state index in [-0.39, 0.29) is 11.6 Å². The molecule has 0 saturated carbocycles. The number of rotatable bonds is 5. The third kappa shape index (κ3) is 5.08. The first kappa shape index (κ1) is 15.8. The van der Waals surface area contributed by atoms with Gasteiger partial charge < -0.3 is 14.8 Å². The normalized spacial score (nSPS) is 19.3. The van der Waals surface area contributed by atoms with Crippen molar-refractivity contribution < 1.29 is 9.47 Å². The van der Waals surface area contributed by atoms with Gasteiger partial charge in [0.1, 0.15) is 12.4 Å². The van der Waals surface area contributed by atoms with Crippen LogP contribution in [-0.2, 0) is 11.3 Å². The van der Waals surface area contributed by atoms with Crippen LogP contribution in [0, 0.1) is 0 Å². The first-order valence-electron chi connectivity index (χ1n) is 7.22. The second-order valence-electron chi connectivity index (χ2n) is 6.30. The molecule has 1 aromatic rings. The largest absolute Gasteiger partial charge is 0.491 e. The van der Waals surface area contributed by atoms with Gasteiger partial charge in [-0.3, -0.25) is 0 Å². The molecule has 112 valence electrons. The van der Waals surface area contributed by atoms with Crippen molar-refractivity contribution in [2.24, 2.45) is 0 Å². The maximum atomic E-state index is 5.96. The maximum Gasteiger partial charge on any atom is 0.124 e. The quantitative estimate of drug-likeness (QED) is 0.881. The molecule has 0 bridgehead atoms. The predicted octanol–water partition coefficient (Wildman–Crippen LogP) is 3.90. The van der Waals surface area contributed by atoms with Crippen LogP contribution in [0.25, 0.3) is 0 Å². The molecule has 4 heteroatoms. The Morgan fingerprint density at radius 2 is 2.20 bits per heavy atom. The number of ether oxygens (including phenoxy) is 2. The van der Waals surface area contributed by atoms with E-state index in [9.17, 15) is 0 Å². The van der Waals surface area contributed by atoms with Gasteiger partial charge in [-0.15, -0.1) is 0 Å². The lowest BCUT2D eigenvalue weighted by atomic mass is 10.1. The number of benzene rings is 1. The predicted molar refractivity (Wildman–Crippen MR) is 85.2 cm³/mol. The summed E-state index contributed by atoms with van der Waals surface area (Å²) in [5.74, 6) is 0.945. The van der Waals surface area contributed by atoms with Gasteiger partial charge in [-0.2, -0.15) is 0 Å². The highest BCUT2D eigenvalue weighted by Gasteiger charge is 2.17. The lowest BCUT2D eigenvalue weighted by Gasteiger charge is -2.22. The summed E-state index contributed by atoms with van der Waals surface area (Å²) in [7, 11) is 0. The summed E-state index contributed by atoms with van der Waals surface area (Å²) in [5, 5.41) is 3.50. The van der Waals surface area contributed by atoms with Crippen molar-refractivity contribution in [3.05, 3.63) is 28.2 Å². The summed E-state index contributed by atoms with van der Waals surface area (Å²) in [6, 6.07) is 6.16. The molecule has 0 amide bonds. The van der Waals surface area contributed by atoms with E-state index in [0.717, 1.165) is 36.2 Å². The summed E-state index contributed by atoms with van der Waals surface area (Å²) in [6.45, 7) is 8.80. The van der Waals surface area contributed by atoms with Crippen LogP contribution in [0.1, 0.15) is 39.2 Å². The first-order valence-corrected chi connectivity index (χ1v) is 8.01. The summed E-state index contributed by atoms with van der Waals surface area (Å²) >= 11 is 3.53. The van der Waals surface area contributed by atoms with Crippen molar-refractivity contribution in [3.63, 3.8) is 0 Å². The molecule has 1 N–H and O–H groups in total. The van der Waals surface area contributed by atoms with E-state index in [1.54, 1.807) is 0 Å². The monoisotopic (exact) mass is 341 g/mol. The molecule has 1 atom stereocenters. The van der Waals surface area contributed by atoms with Crippen molar-refractivity contribution >= 4 is 15.9 Å². The molecule has 1 aromatic carbocycles. The molecule has 0 aromatic heterocycles. The van der Waals surface area contributed by atoms with Gasteiger partial charge in [0.05, 0.1) is 6.10 Å². The molecule has 0 spiro atoms. The minimum Gasteiger partial charge on any atom is -0.491 e. The zero-order chi connectivity index (χ0) is 14.6. The standard InChI is InChI=1S/C16H24BrNO2/c1-16(2,3)18-10-12-9-13(17)6-7-15(12)20-11-14-5-4-8-19-14/h6-7,9,14,18H,4-5,8,10-11H2,1-3H3. The van der Waals surface area contributed by atoms with E-state index in [0.29, 0.717) is 6.61 Å². The van der Waals surface area contributed by atoms with Gasteiger partial charge in [0, 0.05) is 28.7 Å². The minimum absolute atomic E-state index is 0.0914. The van der Waals surface area contributed by atoms with Gasteiger partial charge in [-0.05, 0) is 51.8 Å². The molecule has 1 fully saturated rings. The van der Waals surface area contributed by atoms with Gasteiger partial charge in [0.15, 0.2) is 0 Å². The van der Waals surface area contributed by atoms with Crippen LogP contribution in [0.5, 0.6) is 5.75 Å². The molecular formula is C16H24BrNO2. The highest BCUT2D eigenvalue weighted by molar-refractivity contribution is 9.10. The fraction of sp³-hybridized carbons (Fsp3) is 0.625. The van der Waals surface area contributed by atoms with E-state index in [2.05, 4.69) is 48.1 Å². The Bertz CT molecular complexity index is 437. The Morgan fingerprint density at radius 3 is 2.85 bits per heavy atom. The summed E-state index contributed by atoms with van der Waals surface area (Å²) < 4.78 is 12.6. The van der Waals surface area contributed by atoms with E-state index in [1.165, 1.54) is 5.56 Å². The lowest BCUT2D eigenvalue weighted by molar-refractivity contribution is 0.0675. The maximum absolute atomic E-state index is 5.96. The number of hydrogen-bond acceptors (Lipinski definition) is 3. The molecule has 2 rings (SSSR count). The fourth-order valence-corrected chi connectivity index (χ4v) is 2.55. The summed E-state index contributed by atoms with van der Waals surface area (Å²) in [6.07, 6.45) is 2.50. The van der Waals surface area contributed by atoms with Gasteiger partial charge >= 0.3 is 0 Å². The van der Waals surface area contributed by atoms with Crippen LogP contribution < -0.4 is 10.1 Å². The molecule has 1 unspecified atom stereocenters. The molecule has 1 saturated heterocycles. The second-order valence-corrected chi connectivity index (χ2v) is 7.22. The zero-order valence-corrected chi connectivity index (χ0v) is 14.1. The topological polar surface area (TPSA) is 30.5 Å². The van der Waals surface area contributed by atoms with Gasteiger partial charge in [-0.25, -0.2) is 0 Å². The Kier molecular flexibility index (Phi) is 5.47. The SMILES string of the molecule is CC(C)(C)NCc1cc(Br)ccc1OCC1CCCO1. The van der Waals surface area contributed by atoms with Crippen LogP contribution in [0.4, 0.5) is 0 Å². The average Bonchev–Trinajstić information content (AvgIpc) is 2.87. The molecule has 0 aliphatic carbocycles. The Morgan fingerprint density at radius 1 is 1.40 bits per heavy atom. The molecule has 3 nitrogen and oxygen atoms in total. The van der Waals surface area contributed by atoms with Crippen LogP contribution in [0.15, 0.2) is 22.7 Å². The van der Waals surface area contributed by atoms with E-state index in [4.69, 9.17) is 9.47 Å². The molecule has 1 aliphatic rings. The van der Waals surface area contributed by atoms with Crippen molar-refractivity contribution in [1.82, 2.24) is 5.32 Å². The van der Waals surface area contributed by atoms with Crippen LogP contribution in [-0.4, -0.2) is 24.9 Å². The van der Waals surface area contributed by atoms with Crippen molar-refractivity contribution in [1.29, 1.82) is 0 Å². The Balaban J connectivity index is 1.99. The van der Waals surface area contributed by atoms with Crippen molar-refractivity contribution in [2.75, 3.05) is 13.2 Å². The number of hydrogen-bond donors (Lipinski definition) is 1. The van der Waals surface area contributed by atoms with Crippen molar-refractivity contribution in [2.45, 2.75) is 51.8 Å². The second kappa shape index (κ2) is 6.92. The summed E-state index contributed by atoms with van der Waals surface area (Å²) in [5.41, 5.74) is 1.26.